The highest BCUT2D eigenvalue weighted by atomic mass is 127. The van der Waals surface area contributed by atoms with Crippen LogP contribution in [0.4, 0.5) is 4.39 Å². The minimum absolute atomic E-state index is 0.244. The Labute approximate surface area is 87.5 Å². The van der Waals surface area contributed by atoms with E-state index in [9.17, 15) is 4.39 Å². The first-order chi connectivity index (χ1) is 5.27. The summed E-state index contributed by atoms with van der Waals surface area (Å²) in [6, 6.07) is 0. The molecule has 0 fully saturated rings. The zero-order chi connectivity index (χ0) is 9.83. The summed E-state index contributed by atoms with van der Waals surface area (Å²) in [5.74, 6) is -1.54. The number of alkyl halides is 1. The van der Waals surface area contributed by atoms with Crippen LogP contribution in [0.1, 0.15) is 34.1 Å². The molecule has 74 valence electrons. The van der Waals surface area contributed by atoms with Crippen LogP contribution in [-0.2, 0) is 7.80 Å². The third-order valence-corrected chi connectivity index (χ3v) is 2.55. The van der Waals surface area contributed by atoms with Crippen molar-refractivity contribution in [1.29, 1.82) is 0 Å². The van der Waals surface area contributed by atoms with Gasteiger partial charge in [-0.05, 0) is 27.7 Å². The van der Waals surface area contributed by atoms with Crippen molar-refractivity contribution in [1.82, 2.24) is 0 Å². The van der Waals surface area contributed by atoms with Gasteiger partial charge in [-0.2, -0.15) is 0 Å². The molecule has 0 N–H and O–H groups in total. The first kappa shape index (κ1) is 12.6. The number of halogens is 2. The monoisotopic (exact) mass is 290 g/mol. The van der Waals surface area contributed by atoms with Gasteiger partial charge in [-0.15, -0.1) is 0 Å². The Balaban J connectivity index is 3.57. The van der Waals surface area contributed by atoms with Crippen molar-refractivity contribution in [2.75, 3.05) is 6.61 Å². The molecule has 0 unspecified atom stereocenters. The average Bonchev–Trinajstić information content (AvgIpc) is 1.84. The summed E-state index contributed by atoms with van der Waals surface area (Å²) in [7, 11) is 0. The summed E-state index contributed by atoms with van der Waals surface area (Å²) in [5, 5.41) is 0. The zero-order valence-corrected chi connectivity index (χ0v) is 10.1. The minimum Gasteiger partial charge on any atom is -0.346 e. The van der Waals surface area contributed by atoms with Gasteiger partial charge < -0.3 is 7.80 Å². The molecular weight excluding hydrogens is 274 g/mol. The molecule has 2 nitrogen and oxygen atoms in total. The molecule has 0 aliphatic carbocycles. The van der Waals surface area contributed by atoms with Gasteiger partial charge in [-0.25, -0.2) is 4.39 Å². The molecule has 0 aliphatic heterocycles. The van der Waals surface area contributed by atoms with E-state index in [0.717, 1.165) is 0 Å². The van der Waals surface area contributed by atoms with Crippen molar-refractivity contribution in [2.45, 2.75) is 45.6 Å². The smallest absolute Gasteiger partial charge is 0.203 e. The first-order valence-electron chi connectivity index (χ1n) is 3.89. The lowest BCUT2D eigenvalue weighted by Crippen LogP contribution is -2.26. The van der Waals surface area contributed by atoms with E-state index in [1.165, 1.54) is 13.8 Å². The quantitative estimate of drug-likeness (QED) is 0.724. The zero-order valence-electron chi connectivity index (χ0n) is 7.99. The van der Waals surface area contributed by atoms with Crippen LogP contribution in [0.5, 0.6) is 0 Å². The van der Waals surface area contributed by atoms with Gasteiger partial charge in [0.05, 0.1) is 12.2 Å². The standard InChI is InChI=1S/C8H16FIO2/c1-7(2,12-10)5-6-11-8(3,4)9/h5-6H2,1-4H3. The maximum absolute atomic E-state index is 12.8. The number of hydrogen-bond acceptors (Lipinski definition) is 2. The Morgan fingerprint density at radius 2 is 1.75 bits per heavy atom. The predicted octanol–water partition coefficient (Wildman–Crippen LogP) is 3.24. The van der Waals surface area contributed by atoms with E-state index < -0.39 is 5.85 Å². The molecule has 0 heterocycles. The Morgan fingerprint density at radius 3 is 2.08 bits per heavy atom. The Bertz CT molecular complexity index is 132. The molecule has 0 atom stereocenters. The van der Waals surface area contributed by atoms with E-state index in [4.69, 9.17) is 7.80 Å². The third-order valence-electron chi connectivity index (χ3n) is 1.36. The van der Waals surface area contributed by atoms with Gasteiger partial charge in [0.2, 0.25) is 5.85 Å². The predicted molar refractivity (Wildman–Crippen MR) is 54.9 cm³/mol. The summed E-state index contributed by atoms with van der Waals surface area (Å²) in [5.41, 5.74) is -0.244. The molecule has 0 radical (unpaired) electrons. The molecule has 0 saturated heterocycles. The molecule has 0 rings (SSSR count). The fourth-order valence-electron chi connectivity index (χ4n) is 0.578. The van der Waals surface area contributed by atoms with Gasteiger partial charge >= 0.3 is 0 Å². The van der Waals surface area contributed by atoms with Crippen molar-refractivity contribution in [3.05, 3.63) is 0 Å². The van der Waals surface area contributed by atoms with E-state index in [0.29, 0.717) is 13.0 Å². The summed E-state index contributed by atoms with van der Waals surface area (Å²) in [6.07, 6.45) is 0.684. The molecule has 0 aliphatic rings. The van der Waals surface area contributed by atoms with Gasteiger partial charge in [0.25, 0.3) is 0 Å². The molecule has 0 aromatic carbocycles. The molecule has 0 spiro atoms. The van der Waals surface area contributed by atoms with Crippen LogP contribution >= 0.6 is 23.0 Å². The van der Waals surface area contributed by atoms with Crippen LogP contribution in [0.15, 0.2) is 0 Å². The van der Waals surface area contributed by atoms with Gasteiger partial charge in [0.15, 0.2) is 0 Å². The highest BCUT2D eigenvalue weighted by Gasteiger charge is 2.21. The molecule has 0 saturated carbocycles. The number of ether oxygens (including phenoxy) is 1. The lowest BCUT2D eigenvalue weighted by molar-refractivity contribution is -0.123. The van der Waals surface area contributed by atoms with Gasteiger partial charge in [0, 0.05) is 6.42 Å². The number of rotatable bonds is 5. The third kappa shape index (κ3) is 7.24. The largest absolute Gasteiger partial charge is 0.346 e. The molecule has 4 heteroatoms. The maximum Gasteiger partial charge on any atom is 0.203 e. The fourth-order valence-corrected chi connectivity index (χ4v) is 0.798. The summed E-state index contributed by atoms with van der Waals surface area (Å²) in [6.45, 7) is 7.04. The highest BCUT2D eigenvalue weighted by Crippen LogP contribution is 2.19. The fraction of sp³-hybridized carbons (Fsp3) is 1.00. The van der Waals surface area contributed by atoms with Crippen LogP contribution < -0.4 is 0 Å². The average molecular weight is 290 g/mol. The Kier molecular flexibility index (Phi) is 4.94. The lowest BCUT2D eigenvalue weighted by Gasteiger charge is -2.23. The molecule has 0 aromatic heterocycles. The van der Waals surface area contributed by atoms with Crippen molar-refractivity contribution in [3.8, 4) is 0 Å². The highest BCUT2D eigenvalue weighted by molar-refractivity contribution is 14.1. The maximum atomic E-state index is 12.8. The van der Waals surface area contributed by atoms with Gasteiger partial charge in [-0.1, -0.05) is 0 Å². The molecule has 0 aromatic rings. The topological polar surface area (TPSA) is 18.5 Å². The summed E-state index contributed by atoms with van der Waals surface area (Å²) in [4.78, 5) is 0. The van der Waals surface area contributed by atoms with E-state index in [2.05, 4.69) is 0 Å². The van der Waals surface area contributed by atoms with Gasteiger partial charge in [0.1, 0.15) is 23.0 Å². The van der Waals surface area contributed by atoms with Gasteiger partial charge in [-0.3, -0.25) is 0 Å². The minimum atomic E-state index is -1.54. The molecule has 0 amide bonds. The van der Waals surface area contributed by atoms with Crippen molar-refractivity contribution in [2.24, 2.45) is 0 Å². The Morgan fingerprint density at radius 1 is 1.25 bits per heavy atom. The SMILES string of the molecule is CC(C)(F)OCCC(C)(C)OI. The van der Waals surface area contributed by atoms with E-state index >= 15 is 0 Å². The van der Waals surface area contributed by atoms with E-state index in [-0.39, 0.29) is 5.60 Å². The normalized spacial score (nSPS) is 13.5. The van der Waals surface area contributed by atoms with Crippen LogP contribution in [0.25, 0.3) is 0 Å². The van der Waals surface area contributed by atoms with Crippen LogP contribution in [-0.4, -0.2) is 18.1 Å². The van der Waals surface area contributed by atoms with Crippen LogP contribution in [0, 0.1) is 0 Å². The summed E-state index contributed by atoms with van der Waals surface area (Å²) >= 11 is 1.84. The molecule has 12 heavy (non-hydrogen) atoms. The van der Waals surface area contributed by atoms with Crippen molar-refractivity contribution in [3.63, 3.8) is 0 Å². The second-order valence-corrected chi connectivity index (χ2v) is 4.24. The molecule has 0 bridgehead atoms. The Hall–Kier alpha value is 0.580. The second-order valence-electron chi connectivity index (χ2n) is 3.80. The number of hydrogen-bond donors (Lipinski definition) is 0. The lowest BCUT2D eigenvalue weighted by atomic mass is 10.1. The molecular formula is C8H16FIO2. The van der Waals surface area contributed by atoms with Crippen LogP contribution in [0.3, 0.4) is 0 Å². The summed E-state index contributed by atoms with van der Waals surface area (Å²) < 4.78 is 22.8. The van der Waals surface area contributed by atoms with E-state index in [1.54, 1.807) is 0 Å². The van der Waals surface area contributed by atoms with E-state index in [1.807, 2.05) is 36.9 Å². The van der Waals surface area contributed by atoms with Crippen LogP contribution in [0.2, 0.25) is 0 Å². The van der Waals surface area contributed by atoms with Crippen molar-refractivity contribution >= 4 is 23.0 Å². The van der Waals surface area contributed by atoms with Crippen molar-refractivity contribution < 1.29 is 12.2 Å². The second kappa shape index (κ2) is 4.72. The first-order valence-corrected chi connectivity index (χ1v) is 4.77.